The van der Waals surface area contributed by atoms with Gasteiger partial charge in [-0.15, -0.1) is 0 Å². The van der Waals surface area contributed by atoms with E-state index in [4.69, 9.17) is 14.0 Å². The Balaban J connectivity index is 1.88. The first-order valence-corrected chi connectivity index (χ1v) is 8.17. The summed E-state index contributed by atoms with van der Waals surface area (Å²) in [6.07, 6.45) is 0. The van der Waals surface area contributed by atoms with E-state index >= 15 is 0 Å². The standard InChI is InChI=1S/C19H25BO3/c1-13(20-22-18(2,3)19(4,5)23-20)14-7-8-16-12-17(21-6)10-9-15(16)11-14/h7-13H,1-6H3. The van der Waals surface area contributed by atoms with E-state index in [1.807, 2.05) is 6.07 Å². The van der Waals surface area contributed by atoms with Gasteiger partial charge in [0.15, 0.2) is 0 Å². The lowest BCUT2D eigenvalue weighted by Gasteiger charge is -2.32. The minimum absolute atomic E-state index is 0.169. The van der Waals surface area contributed by atoms with Crippen LogP contribution in [0, 0.1) is 0 Å². The van der Waals surface area contributed by atoms with Gasteiger partial charge in [0.1, 0.15) is 5.75 Å². The molecule has 3 nitrogen and oxygen atoms in total. The lowest BCUT2D eigenvalue weighted by atomic mass is 9.69. The van der Waals surface area contributed by atoms with Crippen LogP contribution < -0.4 is 4.74 Å². The van der Waals surface area contributed by atoms with Gasteiger partial charge in [-0.25, -0.2) is 0 Å². The molecule has 2 aromatic rings. The molecule has 0 N–H and O–H groups in total. The molecular formula is C19H25BO3. The minimum atomic E-state index is -0.295. The van der Waals surface area contributed by atoms with E-state index < -0.39 is 0 Å². The number of benzene rings is 2. The third-order valence-corrected chi connectivity index (χ3v) is 5.28. The van der Waals surface area contributed by atoms with E-state index in [0.29, 0.717) is 0 Å². The highest BCUT2D eigenvalue weighted by Gasteiger charge is 2.52. The van der Waals surface area contributed by atoms with Crippen molar-refractivity contribution in [1.29, 1.82) is 0 Å². The van der Waals surface area contributed by atoms with Crippen LogP contribution in [-0.4, -0.2) is 25.4 Å². The van der Waals surface area contributed by atoms with Gasteiger partial charge in [-0.05, 0) is 56.2 Å². The quantitative estimate of drug-likeness (QED) is 0.776. The van der Waals surface area contributed by atoms with Crippen molar-refractivity contribution in [1.82, 2.24) is 0 Å². The summed E-state index contributed by atoms with van der Waals surface area (Å²) in [6, 6.07) is 12.6. The van der Waals surface area contributed by atoms with Crippen LogP contribution in [0.2, 0.25) is 0 Å². The first-order valence-electron chi connectivity index (χ1n) is 8.17. The molecule has 122 valence electrons. The molecule has 0 radical (unpaired) electrons. The van der Waals surface area contributed by atoms with Gasteiger partial charge in [-0.1, -0.05) is 31.2 Å². The van der Waals surface area contributed by atoms with Gasteiger partial charge in [0, 0.05) is 5.82 Å². The highest BCUT2D eigenvalue weighted by molar-refractivity contribution is 6.47. The molecule has 2 aromatic carbocycles. The number of rotatable bonds is 3. The second-order valence-corrected chi connectivity index (χ2v) is 7.39. The summed E-state index contributed by atoms with van der Waals surface area (Å²) in [6.45, 7) is 10.5. The molecule has 1 atom stereocenters. The zero-order valence-corrected chi connectivity index (χ0v) is 14.8. The van der Waals surface area contributed by atoms with Crippen molar-refractivity contribution >= 4 is 17.9 Å². The molecule has 0 aromatic heterocycles. The topological polar surface area (TPSA) is 27.7 Å². The Morgan fingerprint density at radius 1 is 0.913 bits per heavy atom. The molecule has 0 amide bonds. The summed E-state index contributed by atoms with van der Waals surface area (Å²) in [7, 11) is 1.46. The SMILES string of the molecule is COc1ccc2cc(C(C)B3OC(C)(C)C(C)(C)O3)ccc2c1. The van der Waals surface area contributed by atoms with Gasteiger partial charge in [0.2, 0.25) is 0 Å². The van der Waals surface area contributed by atoms with Crippen LogP contribution in [0.4, 0.5) is 0 Å². The van der Waals surface area contributed by atoms with Gasteiger partial charge in [0.25, 0.3) is 0 Å². The Labute approximate surface area is 139 Å². The number of fused-ring (bicyclic) bond motifs is 1. The highest BCUT2D eigenvalue weighted by Crippen LogP contribution is 2.41. The molecule has 0 spiro atoms. The molecule has 1 fully saturated rings. The van der Waals surface area contributed by atoms with Crippen LogP contribution >= 0.6 is 0 Å². The summed E-state index contributed by atoms with van der Waals surface area (Å²) >= 11 is 0. The van der Waals surface area contributed by atoms with Crippen LogP contribution in [0.1, 0.15) is 46.0 Å². The van der Waals surface area contributed by atoms with E-state index in [0.717, 1.165) is 5.75 Å². The fourth-order valence-electron chi connectivity index (χ4n) is 2.90. The lowest BCUT2D eigenvalue weighted by molar-refractivity contribution is 0.00578. The maximum Gasteiger partial charge on any atom is 0.465 e. The Hall–Kier alpha value is -1.52. The van der Waals surface area contributed by atoms with Crippen molar-refractivity contribution in [2.45, 2.75) is 51.6 Å². The zero-order chi connectivity index (χ0) is 16.8. The van der Waals surface area contributed by atoms with Gasteiger partial charge in [0.05, 0.1) is 18.3 Å². The van der Waals surface area contributed by atoms with Crippen LogP contribution in [0.5, 0.6) is 5.75 Å². The van der Waals surface area contributed by atoms with Crippen LogP contribution in [0.25, 0.3) is 10.8 Å². The number of hydrogen-bond donors (Lipinski definition) is 0. The summed E-state index contributed by atoms with van der Waals surface area (Å²) in [5, 5.41) is 2.38. The molecule has 1 heterocycles. The molecule has 4 heteroatoms. The first kappa shape index (κ1) is 16.3. The van der Waals surface area contributed by atoms with Crippen molar-refractivity contribution in [3.05, 3.63) is 42.0 Å². The zero-order valence-electron chi connectivity index (χ0n) is 14.8. The van der Waals surface area contributed by atoms with E-state index in [1.165, 1.54) is 16.3 Å². The molecular weight excluding hydrogens is 287 g/mol. The maximum absolute atomic E-state index is 6.19. The average molecular weight is 312 g/mol. The molecule has 0 saturated carbocycles. The first-order chi connectivity index (χ1) is 10.7. The highest BCUT2D eigenvalue weighted by atomic mass is 16.7. The minimum Gasteiger partial charge on any atom is -0.497 e. The normalized spacial score (nSPS) is 20.7. The Morgan fingerprint density at radius 3 is 2.09 bits per heavy atom. The number of ether oxygens (including phenoxy) is 1. The van der Waals surface area contributed by atoms with Crippen LogP contribution in [-0.2, 0) is 9.31 Å². The summed E-state index contributed by atoms with van der Waals surface area (Å²) < 4.78 is 17.7. The molecule has 23 heavy (non-hydrogen) atoms. The van der Waals surface area contributed by atoms with Crippen molar-refractivity contribution in [2.24, 2.45) is 0 Å². The molecule has 3 rings (SSSR count). The molecule has 1 unspecified atom stereocenters. The van der Waals surface area contributed by atoms with Crippen molar-refractivity contribution in [3.63, 3.8) is 0 Å². The summed E-state index contributed by atoms with van der Waals surface area (Å²) in [5.41, 5.74) is 0.632. The van der Waals surface area contributed by atoms with E-state index in [9.17, 15) is 0 Å². The molecule has 0 bridgehead atoms. The van der Waals surface area contributed by atoms with Gasteiger partial charge in [-0.2, -0.15) is 0 Å². The second-order valence-electron chi connectivity index (χ2n) is 7.39. The summed E-state index contributed by atoms with van der Waals surface area (Å²) in [5.74, 6) is 1.05. The van der Waals surface area contributed by atoms with E-state index in [-0.39, 0.29) is 24.1 Å². The van der Waals surface area contributed by atoms with E-state index in [2.05, 4.69) is 65.0 Å². The molecule has 1 saturated heterocycles. The second kappa shape index (κ2) is 5.54. The largest absolute Gasteiger partial charge is 0.497 e. The Kier molecular flexibility index (Phi) is 3.93. The Bertz CT molecular complexity index is 708. The summed E-state index contributed by atoms with van der Waals surface area (Å²) in [4.78, 5) is 0. The van der Waals surface area contributed by atoms with Crippen molar-refractivity contribution in [2.75, 3.05) is 7.11 Å². The average Bonchev–Trinajstić information content (AvgIpc) is 2.73. The molecule has 1 aliphatic heterocycles. The third kappa shape index (κ3) is 2.86. The monoisotopic (exact) mass is 312 g/mol. The molecule has 1 aliphatic rings. The van der Waals surface area contributed by atoms with Gasteiger partial charge < -0.3 is 14.0 Å². The fourth-order valence-corrected chi connectivity index (χ4v) is 2.90. The smallest absolute Gasteiger partial charge is 0.465 e. The van der Waals surface area contributed by atoms with Crippen LogP contribution in [0.15, 0.2) is 36.4 Å². The van der Waals surface area contributed by atoms with Crippen molar-refractivity contribution in [3.8, 4) is 5.75 Å². The van der Waals surface area contributed by atoms with Gasteiger partial charge >= 0.3 is 7.12 Å². The third-order valence-electron chi connectivity index (χ3n) is 5.28. The Morgan fingerprint density at radius 2 is 1.48 bits per heavy atom. The number of methoxy groups -OCH3 is 1. The molecule has 0 aliphatic carbocycles. The van der Waals surface area contributed by atoms with Crippen molar-refractivity contribution < 1.29 is 14.0 Å². The number of hydrogen-bond acceptors (Lipinski definition) is 3. The van der Waals surface area contributed by atoms with E-state index in [1.54, 1.807) is 7.11 Å². The van der Waals surface area contributed by atoms with Crippen LogP contribution in [0.3, 0.4) is 0 Å². The predicted octanol–water partition coefficient (Wildman–Crippen LogP) is 4.58. The fraction of sp³-hybridized carbons (Fsp3) is 0.474. The van der Waals surface area contributed by atoms with Gasteiger partial charge in [-0.3, -0.25) is 0 Å². The predicted molar refractivity (Wildman–Crippen MR) is 95.0 cm³/mol. The lowest BCUT2D eigenvalue weighted by Crippen LogP contribution is -2.41. The maximum atomic E-state index is 6.19.